The van der Waals surface area contributed by atoms with Crippen LogP contribution < -0.4 is 16.4 Å². The fourth-order valence-electron chi connectivity index (χ4n) is 4.00. The maximum Gasteiger partial charge on any atom is 0.313 e. The van der Waals surface area contributed by atoms with E-state index < -0.39 is 11.8 Å². The number of carbonyl (C=O) groups excluding carboxylic acids is 3. The smallest absolute Gasteiger partial charge is 0.313 e. The fraction of sp³-hybridized carbons (Fsp3) is 0.579. The molecule has 0 radical (unpaired) electrons. The quantitative estimate of drug-likeness (QED) is 0.670. The number of nitrogens with one attached hydrogen (secondary N) is 2. The van der Waals surface area contributed by atoms with Crippen LogP contribution in [-0.2, 0) is 14.4 Å². The molecule has 0 aliphatic carbocycles. The van der Waals surface area contributed by atoms with Gasteiger partial charge in [0, 0.05) is 25.6 Å². The van der Waals surface area contributed by atoms with Gasteiger partial charge in [-0.3, -0.25) is 14.4 Å². The van der Waals surface area contributed by atoms with Gasteiger partial charge in [-0.2, -0.15) is 0 Å². The number of rotatable bonds is 2. The molecule has 3 amide bonds. The molecule has 1 unspecified atom stereocenters. The highest BCUT2D eigenvalue weighted by atomic mass is 16.2. The summed E-state index contributed by atoms with van der Waals surface area (Å²) in [4.78, 5) is 42.9. The van der Waals surface area contributed by atoms with Gasteiger partial charge in [0.25, 0.3) is 0 Å². The molecule has 27 heavy (non-hydrogen) atoms. The van der Waals surface area contributed by atoms with Gasteiger partial charge in [0.05, 0.1) is 11.9 Å². The predicted octanol–water partition coefficient (Wildman–Crippen LogP) is 1.06. The summed E-state index contributed by atoms with van der Waals surface area (Å²) in [6.07, 6.45) is 4.49. The Bertz CT molecular complexity index is 751. The van der Waals surface area contributed by atoms with Crippen LogP contribution in [0.25, 0.3) is 0 Å². The van der Waals surface area contributed by atoms with Crippen LogP contribution in [0.3, 0.4) is 0 Å². The zero-order valence-electron chi connectivity index (χ0n) is 15.8. The van der Waals surface area contributed by atoms with Gasteiger partial charge in [0.15, 0.2) is 0 Å². The highest BCUT2D eigenvalue weighted by Gasteiger charge is 2.39. The largest absolute Gasteiger partial charge is 0.383 e. The summed E-state index contributed by atoms with van der Waals surface area (Å²) in [7, 11) is 0. The van der Waals surface area contributed by atoms with Crippen molar-refractivity contribution in [2.24, 2.45) is 11.8 Å². The second-order valence-corrected chi connectivity index (χ2v) is 7.69. The minimum Gasteiger partial charge on any atom is -0.383 e. The molecule has 0 aromatic carbocycles. The van der Waals surface area contributed by atoms with Crippen molar-refractivity contribution >= 4 is 29.2 Å². The van der Waals surface area contributed by atoms with E-state index in [9.17, 15) is 14.4 Å². The van der Waals surface area contributed by atoms with Gasteiger partial charge < -0.3 is 21.3 Å². The van der Waals surface area contributed by atoms with Crippen molar-refractivity contribution in [2.45, 2.75) is 45.6 Å². The van der Waals surface area contributed by atoms with Crippen LogP contribution in [-0.4, -0.2) is 46.7 Å². The number of anilines is 2. The minimum atomic E-state index is -0.680. The Morgan fingerprint density at radius 3 is 2.81 bits per heavy atom. The first kappa shape index (κ1) is 19.1. The third kappa shape index (κ3) is 4.37. The summed E-state index contributed by atoms with van der Waals surface area (Å²) in [6, 6.07) is 1.62. The molecule has 1 aromatic heterocycles. The molecular weight excluding hydrogens is 346 g/mol. The topological polar surface area (TPSA) is 117 Å². The lowest BCUT2D eigenvalue weighted by Crippen LogP contribution is -2.55. The Labute approximate surface area is 158 Å². The monoisotopic (exact) mass is 373 g/mol. The number of aryl methyl sites for hydroxylation is 1. The summed E-state index contributed by atoms with van der Waals surface area (Å²) in [5.41, 5.74) is 6.87. The van der Waals surface area contributed by atoms with Crippen molar-refractivity contribution in [2.75, 3.05) is 24.1 Å². The lowest BCUT2D eigenvalue weighted by molar-refractivity contribution is -0.148. The molecule has 4 N–H and O–H groups in total. The maximum atomic E-state index is 12.9. The van der Waals surface area contributed by atoms with Crippen LogP contribution in [0.4, 0.5) is 11.5 Å². The van der Waals surface area contributed by atoms with Crippen LogP contribution in [0.2, 0.25) is 0 Å². The summed E-state index contributed by atoms with van der Waals surface area (Å²) >= 11 is 0. The zero-order valence-corrected chi connectivity index (χ0v) is 15.8. The first-order valence-corrected chi connectivity index (χ1v) is 9.46. The first-order chi connectivity index (χ1) is 12.8. The van der Waals surface area contributed by atoms with E-state index in [-0.39, 0.29) is 17.9 Å². The molecule has 1 aromatic rings. The number of hydrogen-bond acceptors (Lipinski definition) is 5. The predicted molar refractivity (Wildman–Crippen MR) is 102 cm³/mol. The minimum absolute atomic E-state index is 0.0187. The van der Waals surface area contributed by atoms with Gasteiger partial charge in [-0.25, -0.2) is 4.98 Å². The van der Waals surface area contributed by atoms with Gasteiger partial charge in [-0.15, -0.1) is 0 Å². The average molecular weight is 373 g/mol. The molecular formula is C19H27N5O3. The number of carbonyl (C=O) groups is 3. The Morgan fingerprint density at radius 1 is 1.33 bits per heavy atom. The van der Waals surface area contributed by atoms with Crippen molar-refractivity contribution in [3.05, 3.63) is 17.8 Å². The van der Waals surface area contributed by atoms with E-state index in [1.54, 1.807) is 17.9 Å². The number of pyridine rings is 1. The second-order valence-electron chi connectivity index (χ2n) is 7.69. The van der Waals surface area contributed by atoms with Gasteiger partial charge in [0.1, 0.15) is 5.82 Å². The van der Waals surface area contributed by atoms with Gasteiger partial charge in [-0.1, -0.05) is 6.92 Å². The Morgan fingerprint density at radius 2 is 2.11 bits per heavy atom. The van der Waals surface area contributed by atoms with E-state index in [1.165, 1.54) is 6.20 Å². The molecule has 0 spiro atoms. The molecule has 8 heteroatoms. The van der Waals surface area contributed by atoms with Crippen LogP contribution in [0.5, 0.6) is 0 Å². The van der Waals surface area contributed by atoms with Crippen LogP contribution in [0.1, 0.15) is 38.2 Å². The summed E-state index contributed by atoms with van der Waals surface area (Å²) in [5, 5.41) is 5.46. The molecule has 0 saturated carbocycles. The van der Waals surface area contributed by atoms with Crippen molar-refractivity contribution in [3.63, 3.8) is 0 Å². The molecule has 8 nitrogen and oxygen atoms in total. The van der Waals surface area contributed by atoms with Crippen molar-refractivity contribution in [1.29, 1.82) is 0 Å². The van der Waals surface area contributed by atoms with E-state index in [2.05, 4.69) is 22.5 Å². The average Bonchev–Trinajstić information content (AvgIpc) is 2.64. The van der Waals surface area contributed by atoms with E-state index in [0.717, 1.165) is 24.8 Å². The highest BCUT2D eigenvalue weighted by molar-refractivity contribution is 6.39. The standard InChI is InChI=1S/C19H27N5O3/c1-11-3-4-15(13-5-6-21-16(25)8-13)24(10-11)19(27)18(26)23-14-7-12(2)17(20)22-9-14/h7,9,11,13,15H,3-6,8,10H2,1-2H3,(H2,20,22)(H,21,25)(H,23,26)/t11-,13?,15+/m1/s1. The molecule has 2 aliphatic heterocycles. The number of hydrogen-bond donors (Lipinski definition) is 3. The number of nitrogens with two attached hydrogens (primary N) is 1. The van der Waals surface area contributed by atoms with Crippen LogP contribution in [0.15, 0.2) is 12.3 Å². The number of piperidine rings is 2. The molecule has 0 bridgehead atoms. The first-order valence-electron chi connectivity index (χ1n) is 9.46. The number of amides is 3. The number of aromatic nitrogens is 1. The third-order valence-electron chi connectivity index (χ3n) is 5.52. The third-order valence-corrected chi connectivity index (χ3v) is 5.52. The van der Waals surface area contributed by atoms with Crippen LogP contribution >= 0.6 is 0 Å². The Balaban J connectivity index is 1.73. The van der Waals surface area contributed by atoms with E-state index in [4.69, 9.17) is 5.73 Å². The van der Waals surface area contributed by atoms with Crippen molar-refractivity contribution in [3.8, 4) is 0 Å². The molecule has 2 aliphatic rings. The van der Waals surface area contributed by atoms with E-state index in [1.807, 2.05) is 0 Å². The molecule has 3 atom stereocenters. The molecule has 3 heterocycles. The maximum absolute atomic E-state index is 12.9. The second kappa shape index (κ2) is 7.94. The summed E-state index contributed by atoms with van der Waals surface area (Å²) in [6.45, 7) is 5.03. The molecule has 2 fully saturated rings. The van der Waals surface area contributed by atoms with Gasteiger partial charge in [-0.05, 0) is 49.7 Å². The molecule has 3 rings (SSSR count). The summed E-state index contributed by atoms with van der Waals surface area (Å²) in [5.74, 6) is -0.392. The lowest BCUT2D eigenvalue weighted by atomic mass is 9.81. The molecule has 2 saturated heterocycles. The highest BCUT2D eigenvalue weighted by Crippen LogP contribution is 2.31. The number of nitrogen functional groups attached to an aromatic ring is 1. The SMILES string of the molecule is Cc1cc(NC(=O)C(=O)N2C[C@H](C)CC[C@H]2C2CCNC(=O)C2)cnc1N. The lowest BCUT2D eigenvalue weighted by Gasteiger charge is -2.43. The fourth-order valence-corrected chi connectivity index (χ4v) is 4.00. The van der Waals surface area contributed by atoms with Gasteiger partial charge >= 0.3 is 11.8 Å². The zero-order chi connectivity index (χ0) is 19.6. The normalized spacial score (nSPS) is 25.6. The van der Waals surface area contributed by atoms with E-state index >= 15 is 0 Å². The molecule has 146 valence electrons. The van der Waals surface area contributed by atoms with E-state index in [0.29, 0.717) is 36.9 Å². The van der Waals surface area contributed by atoms with Crippen molar-refractivity contribution < 1.29 is 14.4 Å². The van der Waals surface area contributed by atoms with Gasteiger partial charge in [0.2, 0.25) is 5.91 Å². The summed E-state index contributed by atoms with van der Waals surface area (Å²) < 4.78 is 0. The van der Waals surface area contributed by atoms with Crippen LogP contribution in [0, 0.1) is 18.8 Å². The number of nitrogens with zero attached hydrogens (tertiary/aromatic N) is 2. The number of likely N-dealkylation sites (tertiary alicyclic amines) is 1. The Kier molecular flexibility index (Phi) is 5.62. The van der Waals surface area contributed by atoms with Crippen molar-refractivity contribution in [1.82, 2.24) is 15.2 Å². The Hall–Kier alpha value is -2.64.